The van der Waals surface area contributed by atoms with Crippen LogP contribution in [0, 0.1) is 5.82 Å². The van der Waals surface area contributed by atoms with Crippen LogP contribution in [0.5, 0.6) is 11.5 Å². The number of amides is 1. The molecule has 0 atom stereocenters. The fraction of sp³-hybridized carbons (Fsp3) is 0.222. The molecule has 0 saturated heterocycles. The minimum absolute atomic E-state index is 0.0969. The third kappa shape index (κ3) is 4.26. The molecule has 1 N–H and O–H groups in total. The summed E-state index contributed by atoms with van der Waals surface area (Å²) in [5.74, 6) is 0.588. The Morgan fingerprint density at radius 1 is 1.24 bits per heavy atom. The van der Waals surface area contributed by atoms with Crippen LogP contribution in [0.2, 0.25) is 0 Å². The number of benzene rings is 2. The second-order valence-electron chi connectivity index (χ2n) is 5.39. The summed E-state index contributed by atoms with van der Waals surface area (Å²) in [7, 11) is 0. The van der Waals surface area contributed by atoms with Crippen LogP contribution >= 0.6 is 0 Å². The van der Waals surface area contributed by atoms with Gasteiger partial charge in [-0.15, -0.1) is 0 Å². The summed E-state index contributed by atoms with van der Waals surface area (Å²) in [5, 5.41) is 6.50. The van der Waals surface area contributed by atoms with E-state index in [0.29, 0.717) is 22.8 Å². The zero-order chi connectivity index (χ0) is 17.6. The van der Waals surface area contributed by atoms with Crippen molar-refractivity contribution in [1.29, 1.82) is 0 Å². The molecule has 2 aromatic rings. The van der Waals surface area contributed by atoms with Crippen LogP contribution in [0.25, 0.3) is 0 Å². The maximum absolute atomic E-state index is 13.5. The second kappa shape index (κ2) is 7.65. The predicted octanol–water partition coefficient (Wildman–Crippen LogP) is 2.61. The summed E-state index contributed by atoms with van der Waals surface area (Å²) >= 11 is 0. The normalized spacial score (nSPS) is 12.8. The summed E-state index contributed by atoms with van der Waals surface area (Å²) in [5.41, 5.74) is 1.81. The van der Waals surface area contributed by atoms with Crippen molar-refractivity contribution in [3.8, 4) is 11.5 Å². The lowest BCUT2D eigenvalue weighted by Gasteiger charge is -2.06. The molecule has 1 aliphatic heterocycles. The first-order valence-electron chi connectivity index (χ1n) is 7.70. The first-order chi connectivity index (χ1) is 12.1. The molecule has 6 nitrogen and oxygen atoms in total. The highest BCUT2D eigenvalue weighted by atomic mass is 19.1. The standard InChI is InChI=1S/C18H17FN2O4/c1-12(13-6-7-16-17(8-13)24-11-23-16)21-25-10-18(22)20-9-14-4-2-3-5-15(14)19/h2-8H,9-11H2,1H3,(H,20,22)/b21-12-. The highest BCUT2D eigenvalue weighted by molar-refractivity contribution is 5.99. The van der Waals surface area contributed by atoms with E-state index in [1.165, 1.54) is 6.07 Å². The summed E-state index contributed by atoms with van der Waals surface area (Å²) in [6.07, 6.45) is 0. The smallest absolute Gasteiger partial charge is 0.261 e. The van der Waals surface area contributed by atoms with Gasteiger partial charge < -0.3 is 19.6 Å². The molecule has 0 spiro atoms. The van der Waals surface area contributed by atoms with E-state index in [-0.39, 0.29) is 31.7 Å². The van der Waals surface area contributed by atoms with E-state index in [1.54, 1.807) is 37.3 Å². The molecular formula is C18H17FN2O4. The monoisotopic (exact) mass is 344 g/mol. The first-order valence-corrected chi connectivity index (χ1v) is 7.70. The number of rotatable bonds is 6. The molecule has 0 unspecified atom stereocenters. The van der Waals surface area contributed by atoms with E-state index in [4.69, 9.17) is 14.3 Å². The van der Waals surface area contributed by atoms with E-state index in [1.807, 2.05) is 6.07 Å². The van der Waals surface area contributed by atoms with Crippen LogP contribution < -0.4 is 14.8 Å². The minimum Gasteiger partial charge on any atom is -0.454 e. The Bertz CT molecular complexity index is 807. The van der Waals surface area contributed by atoms with Gasteiger partial charge in [0, 0.05) is 17.7 Å². The van der Waals surface area contributed by atoms with Gasteiger partial charge in [0.25, 0.3) is 5.91 Å². The molecule has 1 aliphatic rings. The Hall–Kier alpha value is -3.09. The average molecular weight is 344 g/mol. The van der Waals surface area contributed by atoms with Gasteiger partial charge in [-0.1, -0.05) is 23.4 Å². The van der Waals surface area contributed by atoms with Crippen LogP contribution in [0.3, 0.4) is 0 Å². The summed E-state index contributed by atoms with van der Waals surface area (Å²) < 4.78 is 24.0. The molecular weight excluding hydrogens is 327 g/mol. The molecule has 7 heteroatoms. The minimum atomic E-state index is -0.384. The zero-order valence-corrected chi connectivity index (χ0v) is 13.6. The third-order valence-electron chi connectivity index (χ3n) is 3.62. The molecule has 0 aliphatic carbocycles. The second-order valence-corrected chi connectivity index (χ2v) is 5.39. The van der Waals surface area contributed by atoms with Gasteiger partial charge in [0.05, 0.1) is 5.71 Å². The van der Waals surface area contributed by atoms with Crippen LogP contribution in [-0.2, 0) is 16.2 Å². The summed E-state index contributed by atoms with van der Waals surface area (Å²) in [6.45, 7) is 1.80. The maximum atomic E-state index is 13.5. The fourth-order valence-corrected chi connectivity index (χ4v) is 2.25. The molecule has 130 valence electrons. The summed E-state index contributed by atoms with van der Waals surface area (Å²) in [6, 6.07) is 11.7. The van der Waals surface area contributed by atoms with Crippen molar-refractivity contribution in [1.82, 2.24) is 5.32 Å². The lowest BCUT2D eigenvalue weighted by Crippen LogP contribution is -2.26. The van der Waals surface area contributed by atoms with Crippen LogP contribution in [0.1, 0.15) is 18.1 Å². The highest BCUT2D eigenvalue weighted by Gasteiger charge is 2.14. The number of carbonyl (C=O) groups is 1. The van der Waals surface area contributed by atoms with E-state index in [9.17, 15) is 9.18 Å². The van der Waals surface area contributed by atoms with Crippen molar-refractivity contribution in [3.63, 3.8) is 0 Å². The van der Waals surface area contributed by atoms with Gasteiger partial charge in [0.2, 0.25) is 6.79 Å². The largest absolute Gasteiger partial charge is 0.454 e. The zero-order valence-electron chi connectivity index (χ0n) is 13.6. The number of oxime groups is 1. The summed E-state index contributed by atoms with van der Waals surface area (Å²) in [4.78, 5) is 16.8. The fourth-order valence-electron chi connectivity index (χ4n) is 2.25. The third-order valence-corrected chi connectivity index (χ3v) is 3.62. The number of nitrogens with zero attached hydrogens (tertiary/aromatic N) is 1. The van der Waals surface area contributed by atoms with E-state index in [2.05, 4.69) is 10.5 Å². The lowest BCUT2D eigenvalue weighted by atomic mass is 10.1. The number of hydrogen-bond acceptors (Lipinski definition) is 5. The molecule has 0 fully saturated rings. The molecule has 2 aromatic carbocycles. The van der Waals surface area contributed by atoms with Gasteiger partial charge in [-0.2, -0.15) is 0 Å². The number of halogens is 1. The first kappa shape index (κ1) is 16.8. The topological polar surface area (TPSA) is 69.2 Å². The van der Waals surface area contributed by atoms with Crippen LogP contribution in [0.4, 0.5) is 4.39 Å². The van der Waals surface area contributed by atoms with Crippen LogP contribution in [-0.4, -0.2) is 25.0 Å². The van der Waals surface area contributed by atoms with E-state index >= 15 is 0 Å². The SMILES string of the molecule is C/C(=N/OCC(=O)NCc1ccccc1F)c1ccc2c(c1)OCO2. The molecule has 0 radical (unpaired) electrons. The molecule has 0 saturated carbocycles. The van der Waals surface area contributed by atoms with Gasteiger partial charge in [-0.25, -0.2) is 4.39 Å². The number of hydrogen-bond donors (Lipinski definition) is 1. The van der Waals surface area contributed by atoms with Gasteiger partial charge in [0.15, 0.2) is 18.1 Å². The van der Waals surface area contributed by atoms with Gasteiger partial charge >= 0.3 is 0 Å². The number of ether oxygens (including phenoxy) is 2. The average Bonchev–Trinajstić information content (AvgIpc) is 3.08. The molecule has 1 amide bonds. The molecule has 0 bridgehead atoms. The van der Waals surface area contributed by atoms with E-state index in [0.717, 1.165) is 5.56 Å². The number of carbonyl (C=O) groups excluding carboxylic acids is 1. The van der Waals surface area contributed by atoms with Crippen molar-refractivity contribution >= 4 is 11.6 Å². The Balaban J connectivity index is 1.49. The van der Waals surface area contributed by atoms with Gasteiger partial charge in [-0.05, 0) is 31.2 Å². The van der Waals surface area contributed by atoms with Crippen LogP contribution in [0.15, 0.2) is 47.6 Å². The molecule has 25 heavy (non-hydrogen) atoms. The van der Waals surface area contributed by atoms with Crippen molar-refractivity contribution < 1.29 is 23.5 Å². The maximum Gasteiger partial charge on any atom is 0.261 e. The molecule has 3 rings (SSSR count). The Kier molecular flexibility index (Phi) is 5.13. The molecule has 0 aromatic heterocycles. The highest BCUT2D eigenvalue weighted by Crippen LogP contribution is 2.32. The number of nitrogens with one attached hydrogen (secondary N) is 1. The van der Waals surface area contributed by atoms with Gasteiger partial charge in [0.1, 0.15) is 5.82 Å². The van der Waals surface area contributed by atoms with Crippen molar-refractivity contribution in [2.45, 2.75) is 13.5 Å². The van der Waals surface area contributed by atoms with Crippen molar-refractivity contribution in [2.75, 3.05) is 13.4 Å². The Labute approximate surface area is 144 Å². The number of fused-ring (bicyclic) bond motifs is 1. The van der Waals surface area contributed by atoms with Crippen molar-refractivity contribution in [2.24, 2.45) is 5.16 Å². The van der Waals surface area contributed by atoms with E-state index < -0.39 is 0 Å². The lowest BCUT2D eigenvalue weighted by molar-refractivity contribution is -0.125. The Morgan fingerprint density at radius 2 is 2.04 bits per heavy atom. The predicted molar refractivity (Wildman–Crippen MR) is 89.0 cm³/mol. The van der Waals surface area contributed by atoms with Gasteiger partial charge in [-0.3, -0.25) is 4.79 Å². The quantitative estimate of drug-likeness (QED) is 0.646. The Morgan fingerprint density at radius 3 is 2.88 bits per heavy atom. The molecule has 1 heterocycles. The van der Waals surface area contributed by atoms with Crippen molar-refractivity contribution in [3.05, 3.63) is 59.4 Å².